The maximum atomic E-state index is 11.5. The Bertz CT molecular complexity index is 289. The molecule has 0 saturated heterocycles. The summed E-state index contributed by atoms with van der Waals surface area (Å²) >= 11 is 0. The summed E-state index contributed by atoms with van der Waals surface area (Å²) in [4.78, 5) is 11.5. The molecule has 0 aliphatic heterocycles. The Morgan fingerprint density at radius 3 is 2.63 bits per heavy atom. The quantitative estimate of drug-likeness (QED) is 0.711. The molecule has 1 saturated carbocycles. The van der Waals surface area contributed by atoms with Crippen LogP contribution in [0.4, 0.5) is 4.79 Å². The fourth-order valence-electron chi connectivity index (χ4n) is 2.23. The highest BCUT2D eigenvalue weighted by Crippen LogP contribution is 2.24. The average Bonchev–Trinajstić information content (AvgIpc) is 2.67. The molecule has 5 nitrogen and oxygen atoms in total. The van der Waals surface area contributed by atoms with E-state index in [9.17, 15) is 9.90 Å². The Labute approximate surface area is 116 Å². The number of nitrogens with one attached hydrogen (secondary N) is 2. The summed E-state index contributed by atoms with van der Waals surface area (Å²) < 4.78 is 5.17. The molecule has 0 radical (unpaired) electrons. The second kappa shape index (κ2) is 7.10. The summed E-state index contributed by atoms with van der Waals surface area (Å²) in [6.07, 6.45) is 2.55. The van der Waals surface area contributed by atoms with E-state index >= 15 is 0 Å². The fourth-order valence-corrected chi connectivity index (χ4v) is 2.23. The van der Waals surface area contributed by atoms with Crippen molar-refractivity contribution >= 4 is 6.09 Å². The minimum atomic E-state index is -0.464. The van der Waals surface area contributed by atoms with Gasteiger partial charge in [0.25, 0.3) is 0 Å². The van der Waals surface area contributed by atoms with Crippen molar-refractivity contribution in [3.05, 3.63) is 0 Å². The Hall–Kier alpha value is -0.810. The summed E-state index contributed by atoms with van der Waals surface area (Å²) in [5, 5.41) is 15.8. The molecule has 5 heteroatoms. The van der Waals surface area contributed by atoms with Crippen molar-refractivity contribution < 1.29 is 14.6 Å². The van der Waals surface area contributed by atoms with Gasteiger partial charge in [0.1, 0.15) is 5.60 Å². The molecule has 0 aromatic rings. The van der Waals surface area contributed by atoms with Gasteiger partial charge in [-0.3, -0.25) is 0 Å². The van der Waals surface area contributed by atoms with Crippen molar-refractivity contribution in [1.82, 2.24) is 10.6 Å². The van der Waals surface area contributed by atoms with E-state index in [-0.39, 0.29) is 18.2 Å². The van der Waals surface area contributed by atoms with Crippen LogP contribution in [0.2, 0.25) is 0 Å². The largest absolute Gasteiger partial charge is 0.444 e. The highest BCUT2D eigenvalue weighted by atomic mass is 16.6. The lowest BCUT2D eigenvalue weighted by Crippen LogP contribution is -2.43. The van der Waals surface area contributed by atoms with Crippen LogP contribution in [0.5, 0.6) is 0 Å². The number of carbonyl (C=O) groups excluding carboxylic acids is 1. The Morgan fingerprint density at radius 2 is 2.11 bits per heavy atom. The normalized spacial score (nSPS) is 25.1. The Morgan fingerprint density at radius 1 is 1.42 bits per heavy atom. The predicted octanol–water partition coefficient (Wildman–Crippen LogP) is 1.65. The molecule has 0 aromatic carbocycles. The van der Waals surface area contributed by atoms with Crippen LogP contribution in [-0.4, -0.2) is 42.0 Å². The van der Waals surface area contributed by atoms with Crippen molar-refractivity contribution in [1.29, 1.82) is 0 Å². The third-order valence-electron chi connectivity index (χ3n) is 3.30. The molecule has 0 aromatic heterocycles. The van der Waals surface area contributed by atoms with Crippen LogP contribution in [0.25, 0.3) is 0 Å². The Balaban J connectivity index is 2.14. The van der Waals surface area contributed by atoms with Crippen molar-refractivity contribution in [2.75, 3.05) is 13.1 Å². The third kappa shape index (κ3) is 6.78. The molecule has 0 heterocycles. The van der Waals surface area contributed by atoms with Crippen molar-refractivity contribution in [2.45, 2.75) is 64.7 Å². The van der Waals surface area contributed by atoms with Gasteiger partial charge in [-0.2, -0.15) is 0 Å². The summed E-state index contributed by atoms with van der Waals surface area (Å²) in [7, 11) is 0. The van der Waals surface area contributed by atoms with Crippen LogP contribution < -0.4 is 10.6 Å². The van der Waals surface area contributed by atoms with Crippen LogP contribution in [0.1, 0.15) is 47.0 Å². The van der Waals surface area contributed by atoms with Gasteiger partial charge in [0.05, 0.1) is 6.10 Å². The van der Waals surface area contributed by atoms with E-state index in [2.05, 4.69) is 10.6 Å². The standard InChI is InChI=1S/C14H28N2O3/c1-10(8-16-13(18)19-14(2,3)4)15-9-11-6-5-7-12(11)17/h10-12,15,17H,5-9H2,1-4H3,(H,16,18). The summed E-state index contributed by atoms with van der Waals surface area (Å²) in [5.41, 5.74) is -0.464. The van der Waals surface area contributed by atoms with Crippen LogP contribution >= 0.6 is 0 Å². The monoisotopic (exact) mass is 272 g/mol. The molecule has 0 spiro atoms. The van der Waals surface area contributed by atoms with E-state index in [0.717, 1.165) is 25.8 Å². The number of aliphatic hydroxyl groups is 1. The topological polar surface area (TPSA) is 70.6 Å². The first-order valence-electron chi connectivity index (χ1n) is 7.16. The predicted molar refractivity (Wildman–Crippen MR) is 75.0 cm³/mol. The lowest BCUT2D eigenvalue weighted by Gasteiger charge is -2.22. The highest BCUT2D eigenvalue weighted by Gasteiger charge is 2.25. The summed E-state index contributed by atoms with van der Waals surface area (Å²) in [6, 6.07) is 0.167. The number of carbonyl (C=O) groups is 1. The molecule has 0 bridgehead atoms. The molecule has 112 valence electrons. The zero-order chi connectivity index (χ0) is 14.5. The van der Waals surface area contributed by atoms with Crippen LogP contribution in [0.15, 0.2) is 0 Å². The highest BCUT2D eigenvalue weighted by molar-refractivity contribution is 5.67. The SMILES string of the molecule is CC(CNC(=O)OC(C)(C)C)NCC1CCCC1O. The van der Waals surface area contributed by atoms with Gasteiger partial charge in [0, 0.05) is 19.1 Å². The molecule has 3 N–H and O–H groups in total. The van der Waals surface area contributed by atoms with Crippen molar-refractivity contribution in [2.24, 2.45) is 5.92 Å². The number of alkyl carbamates (subject to hydrolysis) is 1. The van der Waals surface area contributed by atoms with Gasteiger partial charge in [-0.05, 0) is 46.5 Å². The minimum Gasteiger partial charge on any atom is -0.444 e. The smallest absolute Gasteiger partial charge is 0.407 e. The third-order valence-corrected chi connectivity index (χ3v) is 3.30. The maximum absolute atomic E-state index is 11.5. The summed E-state index contributed by atoms with van der Waals surface area (Å²) in [6.45, 7) is 8.87. The number of aliphatic hydroxyl groups excluding tert-OH is 1. The van der Waals surface area contributed by atoms with Crippen molar-refractivity contribution in [3.63, 3.8) is 0 Å². The first-order valence-corrected chi connectivity index (χ1v) is 7.16. The number of hydrogen-bond acceptors (Lipinski definition) is 4. The number of amides is 1. The van der Waals surface area contributed by atoms with E-state index < -0.39 is 5.60 Å². The van der Waals surface area contributed by atoms with Crippen LogP contribution in [0, 0.1) is 5.92 Å². The molecule has 3 atom stereocenters. The van der Waals surface area contributed by atoms with Gasteiger partial charge in [0.2, 0.25) is 0 Å². The molecule has 1 aliphatic rings. The minimum absolute atomic E-state index is 0.167. The van der Waals surface area contributed by atoms with Gasteiger partial charge in [0.15, 0.2) is 0 Å². The zero-order valence-electron chi connectivity index (χ0n) is 12.5. The van der Waals surface area contributed by atoms with Crippen LogP contribution in [0.3, 0.4) is 0 Å². The maximum Gasteiger partial charge on any atom is 0.407 e. The molecule has 1 rings (SSSR count). The number of hydrogen-bond donors (Lipinski definition) is 3. The van der Waals surface area contributed by atoms with E-state index in [1.165, 1.54) is 0 Å². The van der Waals surface area contributed by atoms with E-state index in [4.69, 9.17) is 4.74 Å². The first kappa shape index (κ1) is 16.2. The van der Waals surface area contributed by atoms with Crippen molar-refractivity contribution in [3.8, 4) is 0 Å². The Kier molecular flexibility index (Phi) is 6.07. The van der Waals surface area contributed by atoms with Gasteiger partial charge in [-0.25, -0.2) is 4.79 Å². The second-order valence-corrected chi connectivity index (χ2v) is 6.45. The van der Waals surface area contributed by atoms with E-state index in [1.54, 1.807) is 0 Å². The molecule has 1 fully saturated rings. The molecule has 1 aliphatic carbocycles. The lowest BCUT2D eigenvalue weighted by atomic mass is 10.1. The second-order valence-electron chi connectivity index (χ2n) is 6.45. The zero-order valence-corrected chi connectivity index (χ0v) is 12.5. The molecule has 19 heavy (non-hydrogen) atoms. The number of ether oxygens (including phenoxy) is 1. The first-order chi connectivity index (χ1) is 8.78. The average molecular weight is 272 g/mol. The molecular weight excluding hydrogens is 244 g/mol. The lowest BCUT2D eigenvalue weighted by molar-refractivity contribution is 0.0522. The van der Waals surface area contributed by atoms with E-state index in [0.29, 0.717) is 12.5 Å². The summed E-state index contributed by atoms with van der Waals surface area (Å²) in [5.74, 6) is 0.351. The molecule has 3 unspecified atom stereocenters. The van der Waals surface area contributed by atoms with E-state index in [1.807, 2.05) is 27.7 Å². The number of rotatable bonds is 5. The molecular formula is C14H28N2O3. The van der Waals surface area contributed by atoms with Gasteiger partial charge in [-0.1, -0.05) is 6.42 Å². The fraction of sp³-hybridized carbons (Fsp3) is 0.929. The van der Waals surface area contributed by atoms with Gasteiger partial charge < -0.3 is 20.5 Å². The van der Waals surface area contributed by atoms with Gasteiger partial charge >= 0.3 is 6.09 Å². The van der Waals surface area contributed by atoms with Gasteiger partial charge in [-0.15, -0.1) is 0 Å². The van der Waals surface area contributed by atoms with Crippen LogP contribution in [-0.2, 0) is 4.74 Å². The molecule has 1 amide bonds.